The monoisotopic (exact) mass is 610 g/mol. The first kappa shape index (κ1) is 35.1. The smallest absolute Gasteiger partial charge is 0.306 e. The lowest BCUT2D eigenvalue weighted by atomic mass is 9.97. The predicted molar refractivity (Wildman–Crippen MR) is 174 cm³/mol. The molecule has 0 radical (unpaired) electrons. The van der Waals surface area contributed by atoms with Crippen LogP contribution in [-0.4, -0.2) is 64.8 Å². The Bertz CT molecular complexity index is 1250. The molecule has 0 heterocycles. The van der Waals surface area contributed by atoms with Crippen LogP contribution in [0.15, 0.2) is 36.4 Å². The van der Waals surface area contributed by atoms with Crippen LogP contribution in [0.2, 0.25) is 0 Å². The molecule has 0 saturated carbocycles. The lowest BCUT2D eigenvalue weighted by Gasteiger charge is -2.23. The van der Waals surface area contributed by atoms with Crippen molar-refractivity contribution in [2.24, 2.45) is 0 Å². The second-order valence-electron chi connectivity index (χ2n) is 11.4. The maximum absolute atomic E-state index is 12.5. The number of ether oxygens (including phenoxy) is 6. The molecule has 3 aromatic carbocycles. The van der Waals surface area contributed by atoms with Gasteiger partial charge in [0.15, 0.2) is 12.2 Å². The minimum absolute atomic E-state index is 0.142. The number of carbonyl (C=O) groups is 2. The van der Waals surface area contributed by atoms with Crippen molar-refractivity contribution in [2.75, 3.05) is 40.6 Å². The zero-order valence-corrected chi connectivity index (χ0v) is 27.4. The van der Waals surface area contributed by atoms with E-state index < -0.39 is 12.2 Å². The van der Waals surface area contributed by atoms with Crippen molar-refractivity contribution < 1.29 is 38.0 Å². The Morgan fingerprint density at radius 3 is 1.36 bits per heavy atom. The summed E-state index contributed by atoms with van der Waals surface area (Å²) in [6, 6.07) is 12.3. The van der Waals surface area contributed by atoms with E-state index in [1.54, 1.807) is 14.2 Å². The molecule has 0 fully saturated rings. The van der Waals surface area contributed by atoms with Gasteiger partial charge in [0, 0.05) is 48.6 Å². The van der Waals surface area contributed by atoms with Crippen LogP contribution in [0.1, 0.15) is 76.3 Å². The summed E-state index contributed by atoms with van der Waals surface area (Å²) in [6.07, 6.45) is 5.30. The van der Waals surface area contributed by atoms with Crippen LogP contribution < -0.4 is 9.47 Å². The molecule has 0 aliphatic rings. The van der Waals surface area contributed by atoms with Gasteiger partial charge < -0.3 is 28.4 Å². The lowest BCUT2D eigenvalue weighted by molar-refractivity contribution is -0.154. The average Bonchev–Trinajstić information content (AvgIpc) is 2.99. The van der Waals surface area contributed by atoms with Crippen molar-refractivity contribution in [1.29, 1.82) is 0 Å². The molecular formula is C36H50O8. The van der Waals surface area contributed by atoms with Gasteiger partial charge in [-0.3, -0.25) is 9.59 Å². The van der Waals surface area contributed by atoms with E-state index in [1.165, 1.54) is 0 Å². The molecule has 3 aromatic rings. The summed E-state index contributed by atoms with van der Waals surface area (Å²) < 4.78 is 35.1. The number of hydrogen-bond donors (Lipinski definition) is 0. The van der Waals surface area contributed by atoms with Crippen molar-refractivity contribution in [3.63, 3.8) is 0 Å². The fourth-order valence-corrected chi connectivity index (χ4v) is 5.17. The predicted octanol–water partition coefficient (Wildman–Crippen LogP) is 7.64. The van der Waals surface area contributed by atoms with Gasteiger partial charge in [0.1, 0.15) is 24.7 Å². The molecule has 242 valence electrons. The minimum Gasteiger partial charge on any atom is -0.488 e. The number of carbonyl (C=O) groups excluding carboxylic acids is 2. The molecule has 2 unspecified atom stereocenters. The maximum atomic E-state index is 12.5. The second-order valence-corrected chi connectivity index (χ2v) is 11.4. The van der Waals surface area contributed by atoms with Gasteiger partial charge in [0.05, 0.1) is 13.2 Å². The van der Waals surface area contributed by atoms with E-state index in [9.17, 15) is 9.59 Å². The van der Waals surface area contributed by atoms with Gasteiger partial charge in [-0.1, -0.05) is 74.9 Å². The third-order valence-electron chi connectivity index (χ3n) is 7.43. The van der Waals surface area contributed by atoms with E-state index in [0.717, 1.165) is 71.2 Å². The maximum Gasteiger partial charge on any atom is 0.306 e. The SMILES string of the molecule is CCCCCC(=O)OC(COC)COc1c2ccc(C)cc2c(OCC(COC)OC(=O)CCCCC)c2ccc(C)cc12. The zero-order valence-electron chi connectivity index (χ0n) is 27.4. The molecular weight excluding hydrogens is 560 g/mol. The Labute approximate surface area is 262 Å². The molecule has 44 heavy (non-hydrogen) atoms. The topological polar surface area (TPSA) is 89.5 Å². The van der Waals surface area contributed by atoms with E-state index in [-0.39, 0.29) is 38.4 Å². The third kappa shape index (κ3) is 10.4. The Hall–Kier alpha value is -3.36. The summed E-state index contributed by atoms with van der Waals surface area (Å²) in [7, 11) is 3.17. The molecule has 3 rings (SSSR count). The van der Waals surface area contributed by atoms with Gasteiger partial charge in [-0.2, -0.15) is 0 Å². The first-order valence-electron chi connectivity index (χ1n) is 15.9. The van der Waals surface area contributed by atoms with Crippen LogP contribution in [0.25, 0.3) is 21.5 Å². The Morgan fingerprint density at radius 1 is 0.591 bits per heavy atom. The Morgan fingerprint density at radius 2 is 1.00 bits per heavy atom. The Kier molecular flexibility index (Phi) is 14.7. The minimum atomic E-state index is -0.549. The summed E-state index contributed by atoms with van der Waals surface area (Å²) in [5, 5.41) is 3.49. The van der Waals surface area contributed by atoms with E-state index in [0.29, 0.717) is 24.3 Å². The van der Waals surface area contributed by atoms with E-state index in [4.69, 9.17) is 28.4 Å². The standard InChI is InChI=1S/C36H50O8/c1-7-9-11-13-33(37)43-27(21-39-5)23-41-35-29-17-15-26(4)20-32(29)36(30-18-16-25(3)19-31(30)35)42-24-28(22-40-6)44-34(38)14-12-10-8-2/h15-20,27-28H,7-14,21-24H2,1-6H3. The summed E-state index contributed by atoms with van der Waals surface area (Å²) in [5.74, 6) is 0.881. The largest absolute Gasteiger partial charge is 0.488 e. The molecule has 0 aromatic heterocycles. The highest BCUT2D eigenvalue weighted by molar-refractivity contribution is 6.11. The number of esters is 2. The fraction of sp³-hybridized carbons (Fsp3) is 0.556. The van der Waals surface area contributed by atoms with Crippen molar-refractivity contribution in [3.8, 4) is 11.5 Å². The number of methoxy groups -OCH3 is 2. The number of hydrogen-bond acceptors (Lipinski definition) is 8. The van der Waals surface area contributed by atoms with Gasteiger partial charge in [-0.15, -0.1) is 0 Å². The molecule has 0 aliphatic heterocycles. The lowest BCUT2D eigenvalue weighted by Crippen LogP contribution is -2.30. The van der Waals surface area contributed by atoms with Crippen molar-refractivity contribution in [2.45, 2.75) is 91.3 Å². The van der Waals surface area contributed by atoms with E-state index in [2.05, 4.69) is 26.0 Å². The van der Waals surface area contributed by atoms with Gasteiger partial charge in [-0.25, -0.2) is 0 Å². The molecule has 0 saturated heterocycles. The van der Waals surface area contributed by atoms with Gasteiger partial charge in [0.25, 0.3) is 0 Å². The van der Waals surface area contributed by atoms with Crippen LogP contribution in [0.3, 0.4) is 0 Å². The number of fused-ring (bicyclic) bond motifs is 2. The summed E-state index contributed by atoms with van der Waals surface area (Å²) >= 11 is 0. The highest BCUT2D eigenvalue weighted by atomic mass is 16.6. The fourth-order valence-electron chi connectivity index (χ4n) is 5.17. The van der Waals surface area contributed by atoms with Gasteiger partial charge in [0.2, 0.25) is 0 Å². The third-order valence-corrected chi connectivity index (χ3v) is 7.43. The average molecular weight is 611 g/mol. The van der Waals surface area contributed by atoms with Crippen LogP contribution in [-0.2, 0) is 28.5 Å². The van der Waals surface area contributed by atoms with Crippen LogP contribution in [0, 0.1) is 13.8 Å². The summed E-state index contributed by atoms with van der Waals surface area (Å²) in [6.45, 7) is 9.00. The molecule has 0 amide bonds. The summed E-state index contributed by atoms with van der Waals surface area (Å²) in [5.41, 5.74) is 2.13. The molecule has 8 nitrogen and oxygen atoms in total. The van der Waals surface area contributed by atoms with Crippen molar-refractivity contribution in [1.82, 2.24) is 0 Å². The van der Waals surface area contributed by atoms with E-state index >= 15 is 0 Å². The van der Waals surface area contributed by atoms with E-state index in [1.807, 2.05) is 38.1 Å². The van der Waals surface area contributed by atoms with Crippen LogP contribution in [0.4, 0.5) is 0 Å². The highest BCUT2D eigenvalue weighted by Gasteiger charge is 2.22. The quantitative estimate of drug-likeness (QED) is 0.0732. The number of rotatable bonds is 20. The van der Waals surface area contributed by atoms with Crippen LogP contribution >= 0.6 is 0 Å². The van der Waals surface area contributed by atoms with Crippen LogP contribution in [0.5, 0.6) is 11.5 Å². The normalized spacial score (nSPS) is 12.7. The highest BCUT2D eigenvalue weighted by Crippen LogP contribution is 2.43. The number of aryl methyl sites for hydroxylation is 2. The van der Waals surface area contributed by atoms with Crippen molar-refractivity contribution >= 4 is 33.5 Å². The first-order valence-corrected chi connectivity index (χ1v) is 15.9. The van der Waals surface area contributed by atoms with Gasteiger partial charge in [-0.05, 0) is 38.8 Å². The second kappa shape index (κ2) is 18.4. The van der Waals surface area contributed by atoms with Gasteiger partial charge >= 0.3 is 11.9 Å². The molecule has 0 bridgehead atoms. The zero-order chi connectivity index (χ0) is 31.9. The number of benzene rings is 3. The molecule has 8 heteroatoms. The first-order chi connectivity index (χ1) is 21.3. The molecule has 2 atom stereocenters. The number of unbranched alkanes of at least 4 members (excludes halogenated alkanes) is 4. The molecule has 0 N–H and O–H groups in total. The van der Waals surface area contributed by atoms with Crippen molar-refractivity contribution in [3.05, 3.63) is 47.5 Å². The summed E-state index contributed by atoms with van der Waals surface area (Å²) in [4.78, 5) is 25.0. The molecule has 0 spiro atoms. The molecule has 0 aliphatic carbocycles. The Balaban J connectivity index is 1.93.